The lowest BCUT2D eigenvalue weighted by Gasteiger charge is -2.18. The van der Waals surface area contributed by atoms with Gasteiger partial charge in [0.1, 0.15) is 0 Å². The average molecular weight is 365 g/mol. The van der Waals surface area contributed by atoms with Crippen molar-refractivity contribution in [2.24, 2.45) is 4.99 Å². The minimum atomic E-state index is 0.661. The van der Waals surface area contributed by atoms with Gasteiger partial charge in [0.15, 0.2) is 5.96 Å². The molecule has 6 nitrogen and oxygen atoms in total. The van der Waals surface area contributed by atoms with Crippen LogP contribution in [0.5, 0.6) is 0 Å². The Labute approximate surface area is 159 Å². The highest BCUT2D eigenvalue weighted by Gasteiger charge is 2.01. The first-order chi connectivity index (χ1) is 12.7. The minimum Gasteiger partial charge on any atom is -0.385 e. The monoisotopic (exact) mass is 364 g/mol. The van der Waals surface area contributed by atoms with E-state index in [9.17, 15) is 0 Å². The van der Waals surface area contributed by atoms with E-state index in [4.69, 9.17) is 9.47 Å². The minimum absolute atomic E-state index is 0.661. The van der Waals surface area contributed by atoms with Crippen LogP contribution in [0, 0.1) is 0 Å². The lowest BCUT2D eigenvalue weighted by atomic mass is 10.1. The molecule has 0 aromatic heterocycles. The number of ether oxygens (including phenoxy) is 2. The van der Waals surface area contributed by atoms with Crippen LogP contribution in [0.4, 0.5) is 0 Å². The molecule has 6 heteroatoms. The molecule has 1 aromatic carbocycles. The van der Waals surface area contributed by atoms with Crippen LogP contribution in [0.1, 0.15) is 31.4 Å². The first kappa shape index (κ1) is 22.4. The second-order valence-electron chi connectivity index (χ2n) is 6.23. The van der Waals surface area contributed by atoms with Crippen molar-refractivity contribution < 1.29 is 9.47 Å². The zero-order valence-corrected chi connectivity index (χ0v) is 16.9. The third-order valence-corrected chi connectivity index (χ3v) is 3.93. The lowest BCUT2D eigenvalue weighted by Crippen LogP contribution is -2.41. The second-order valence-corrected chi connectivity index (χ2v) is 6.23. The fraction of sp³-hybridized carbons (Fsp3) is 0.650. The van der Waals surface area contributed by atoms with Crippen molar-refractivity contribution in [1.82, 2.24) is 15.5 Å². The van der Waals surface area contributed by atoms with Crippen LogP contribution in [0.2, 0.25) is 0 Å². The molecule has 148 valence electrons. The molecule has 0 unspecified atom stereocenters. The Bertz CT molecular complexity index is 491. The highest BCUT2D eigenvalue weighted by atomic mass is 16.5. The molecule has 0 saturated carbocycles. The molecule has 0 saturated heterocycles. The predicted molar refractivity (Wildman–Crippen MR) is 109 cm³/mol. The van der Waals surface area contributed by atoms with Crippen molar-refractivity contribution >= 4 is 5.96 Å². The maximum absolute atomic E-state index is 5.43. The molecule has 2 N–H and O–H groups in total. The summed E-state index contributed by atoms with van der Waals surface area (Å²) in [5, 5.41) is 6.70. The zero-order valence-electron chi connectivity index (χ0n) is 16.9. The van der Waals surface area contributed by atoms with Crippen molar-refractivity contribution in [3.8, 4) is 0 Å². The maximum atomic E-state index is 5.43. The van der Waals surface area contributed by atoms with Gasteiger partial charge in [0.25, 0.3) is 0 Å². The van der Waals surface area contributed by atoms with Crippen LogP contribution in [0.15, 0.2) is 29.3 Å². The smallest absolute Gasteiger partial charge is 0.191 e. The molecule has 0 fully saturated rings. The Morgan fingerprint density at radius 2 is 1.81 bits per heavy atom. The molecule has 0 aliphatic carbocycles. The number of likely N-dealkylation sites (N-methyl/N-ethyl adjacent to an activating group) is 1. The Hall–Kier alpha value is -1.63. The fourth-order valence-electron chi connectivity index (χ4n) is 2.43. The Balaban J connectivity index is 2.40. The van der Waals surface area contributed by atoms with E-state index in [0.29, 0.717) is 13.2 Å². The number of rotatable bonds is 13. The Kier molecular flexibility index (Phi) is 12.5. The predicted octanol–water partition coefficient (Wildman–Crippen LogP) is 2.25. The number of benzene rings is 1. The number of guanidine groups is 1. The first-order valence-corrected chi connectivity index (χ1v) is 9.54. The summed E-state index contributed by atoms with van der Waals surface area (Å²) >= 11 is 0. The topological polar surface area (TPSA) is 58.1 Å². The molecule has 0 radical (unpaired) electrons. The molecule has 0 atom stereocenters. The van der Waals surface area contributed by atoms with Gasteiger partial charge in [-0.1, -0.05) is 24.3 Å². The summed E-state index contributed by atoms with van der Waals surface area (Å²) in [7, 11) is 3.87. The summed E-state index contributed by atoms with van der Waals surface area (Å²) in [6.07, 6.45) is 1.06. The molecule has 0 amide bonds. The first-order valence-electron chi connectivity index (χ1n) is 9.54. The van der Waals surface area contributed by atoms with Gasteiger partial charge in [-0.25, -0.2) is 4.99 Å². The van der Waals surface area contributed by atoms with Crippen LogP contribution >= 0.6 is 0 Å². The Morgan fingerprint density at radius 3 is 2.46 bits per heavy atom. The molecule has 1 aromatic rings. The van der Waals surface area contributed by atoms with Crippen LogP contribution in [0.3, 0.4) is 0 Å². The summed E-state index contributed by atoms with van der Waals surface area (Å²) in [5.41, 5.74) is 2.39. The highest BCUT2D eigenvalue weighted by Crippen LogP contribution is 2.07. The summed E-state index contributed by atoms with van der Waals surface area (Å²) in [4.78, 5) is 6.97. The van der Waals surface area contributed by atoms with Gasteiger partial charge in [-0.15, -0.1) is 0 Å². The molecular formula is C20H36N4O2. The molecule has 0 aliphatic rings. The van der Waals surface area contributed by atoms with Crippen molar-refractivity contribution in [2.45, 2.75) is 33.4 Å². The number of hydrogen-bond donors (Lipinski definition) is 2. The highest BCUT2D eigenvalue weighted by molar-refractivity contribution is 5.79. The normalized spacial score (nSPS) is 11.8. The molecule has 1 rings (SSSR count). The maximum Gasteiger partial charge on any atom is 0.191 e. The molecule has 0 spiro atoms. The van der Waals surface area contributed by atoms with Crippen LogP contribution in [0.25, 0.3) is 0 Å². The van der Waals surface area contributed by atoms with E-state index in [1.807, 2.05) is 6.92 Å². The number of nitrogens with one attached hydrogen (secondary N) is 2. The van der Waals surface area contributed by atoms with Gasteiger partial charge in [-0.05, 0) is 38.4 Å². The second kappa shape index (κ2) is 14.5. The van der Waals surface area contributed by atoms with Gasteiger partial charge in [0.05, 0.1) is 13.2 Å². The van der Waals surface area contributed by atoms with Gasteiger partial charge in [-0.3, -0.25) is 0 Å². The summed E-state index contributed by atoms with van der Waals surface area (Å²) in [5.74, 6) is 0.858. The lowest BCUT2D eigenvalue weighted by molar-refractivity contribution is 0.134. The van der Waals surface area contributed by atoms with Crippen molar-refractivity contribution in [1.29, 1.82) is 0 Å². The van der Waals surface area contributed by atoms with Crippen LogP contribution in [-0.4, -0.2) is 64.4 Å². The summed E-state index contributed by atoms with van der Waals surface area (Å²) in [6, 6.07) is 8.45. The van der Waals surface area contributed by atoms with E-state index in [0.717, 1.165) is 51.8 Å². The standard InChI is InChI=1S/C20H36N4O2/c1-5-21-20(22-12-14-24(3)13-7-15-25-4)23-16-18-8-10-19(11-9-18)17-26-6-2/h8-11H,5-7,12-17H2,1-4H3,(H2,21,22,23). The van der Waals surface area contributed by atoms with Gasteiger partial charge < -0.3 is 25.0 Å². The molecule has 26 heavy (non-hydrogen) atoms. The summed E-state index contributed by atoms with van der Waals surface area (Å²) < 4.78 is 10.5. The summed E-state index contributed by atoms with van der Waals surface area (Å²) in [6.45, 7) is 10.7. The number of methoxy groups -OCH3 is 1. The van der Waals surface area contributed by atoms with Crippen molar-refractivity contribution in [3.63, 3.8) is 0 Å². The largest absolute Gasteiger partial charge is 0.385 e. The van der Waals surface area contributed by atoms with Gasteiger partial charge in [-0.2, -0.15) is 0 Å². The van der Waals surface area contributed by atoms with E-state index in [1.54, 1.807) is 7.11 Å². The zero-order chi connectivity index (χ0) is 19.0. The molecule has 0 bridgehead atoms. The fourth-order valence-corrected chi connectivity index (χ4v) is 2.43. The van der Waals surface area contributed by atoms with Gasteiger partial charge in [0, 0.05) is 46.5 Å². The van der Waals surface area contributed by atoms with E-state index in [2.05, 4.69) is 58.8 Å². The van der Waals surface area contributed by atoms with E-state index >= 15 is 0 Å². The Morgan fingerprint density at radius 1 is 1.08 bits per heavy atom. The third kappa shape index (κ3) is 10.4. The third-order valence-electron chi connectivity index (χ3n) is 3.93. The number of nitrogens with zero attached hydrogens (tertiary/aromatic N) is 2. The van der Waals surface area contributed by atoms with Gasteiger partial charge >= 0.3 is 0 Å². The van der Waals surface area contributed by atoms with Crippen molar-refractivity contribution in [3.05, 3.63) is 35.4 Å². The van der Waals surface area contributed by atoms with Crippen LogP contribution in [-0.2, 0) is 22.6 Å². The quantitative estimate of drug-likeness (QED) is 0.319. The van der Waals surface area contributed by atoms with E-state index < -0.39 is 0 Å². The van der Waals surface area contributed by atoms with Gasteiger partial charge in [0.2, 0.25) is 0 Å². The number of aliphatic imine (C=N–C) groups is 1. The number of hydrogen-bond acceptors (Lipinski definition) is 4. The molecule has 0 aliphatic heterocycles. The van der Waals surface area contributed by atoms with Crippen LogP contribution < -0.4 is 10.6 Å². The molecule has 0 heterocycles. The average Bonchev–Trinajstić information content (AvgIpc) is 2.65. The van der Waals surface area contributed by atoms with E-state index in [1.165, 1.54) is 11.1 Å². The van der Waals surface area contributed by atoms with Crippen molar-refractivity contribution in [2.75, 3.05) is 53.6 Å². The molecular weight excluding hydrogens is 328 g/mol. The van der Waals surface area contributed by atoms with E-state index in [-0.39, 0.29) is 0 Å². The SMILES string of the molecule is CCNC(=NCc1ccc(COCC)cc1)NCCN(C)CCCOC.